The van der Waals surface area contributed by atoms with Gasteiger partial charge in [0.25, 0.3) is 0 Å². The number of carbonyl (C=O) groups is 2. The zero-order valence-corrected chi connectivity index (χ0v) is 51.4. The third-order valence-electron chi connectivity index (χ3n) is 23.8. The summed E-state index contributed by atoms with van der Waals surface area (Å²) in [6.45, 7) is -0.332. The van der Waals surface area contributed by atoms with E-state index in [1.165, 1.54) is 45.4 Å². The summed E-state index contributed by atoms with van der Waals surface area (Å²) in [6, 6.07) is 34.8. The Labute approximate surface area is 530 Å². The van der Waals surface area contributed by atoms with Crippen LogP contribution in [0.25, 0.3) is 29.2 Å². The first-order valence-electron chi connectivity index (χ1n) is 33.3. The molecule has 91 heavy (non-hydrogen) atoms. The smallest absolute Gasteiger partial charge is 0.340 e. The van der Waals surface area contributed by atoms with Crippen molar-refractivity contribution in [1.29, 1.82) is 0 Å². The number of hydrogen-bond donors (Lipinski definition) is 4. The Morgan fingerprint density at radius 2 is 1.57 bits per heavy atom. The highest BCUT2D eigenvalue weighted by Crippen LogP contribution is 2.69. The molecular weight excluding hydrogens is 1140 g/mol. The van der Waals surface area contributed by atoms with E-state index in [9.17, 15) is 25.2 Å². The fourth-order valence-electron chi connectivity index (χ4n) is 19.8. The molecule has 5 aromatic carbocycles. The molecule has 6 bridgehead atoms. The summed E-state index contributed by atoms with van der Waals surface area (Å²) in [6.07, 6.45) is 28.1. The molecule has 0 saturated heterocycles. The highest BCUT2D eigenvalue weighted by atomic mass is 16.6. The van der Waals surface area contributed by atoms with Gasteiger partial charge in [0.15, 0.2) is 17.8 Å². The van der Waals surface area contributed by atoms with Crippen LogP contribution in [-0.2, 0) is 48.7 Å². The molecule has 1 aromatic heterocycles. The average Bonchev–Trinajstić information content (AvgIpc) is 1.68. The zero-order valence-electron chi connectivity index (χ0n) is 51.4. The molecule has 4 heterocycles. The molecule has 2 saturated carbocycles. The molecule has 0 radical (unpaired) electrons. The molecule has 16 rings (SSSR count). The number of fused-ring (bicyclic) bond motifs is 13. The molecule has 12 nitrogen and oxygen atoms in total. The van der Waals surface area contributed by atoms with E-state index in [0.29, 0.717) is 59.8 Å². The molecular formula is C79H78O12. The maximum atomic E-state index is 16.2. The Hall–Kier alpha value is -7.71. The summed E-state index contributed by atoms with van der Waals surface area (Å²) in [5, 5.41) is 42.7. The van der Waals surface area contributed by atoms with Gasteiger partial charge in [-0.05, 0) is 173 Å². The summed E-state index contributed by atoms with van der Waals surface area (Å²) in [5.74, 6) is -1.76. The highest BCUT2D eigenvalue weighted by Gasteiger charge is 2.69. The van der Waals surface area contributed by atoms with E-state index < -0.39 is 60.1 Å². The minimum absolute atomic E-state index is 0.00390. The maximum Gasteiger partial charge on any atom is 0.340 e. The second kappa shape index (κ2) is 22.8. The summed E-state index contributed by atoms with van der Waals surface area (Å²) in [7, 11) is 0. The first-order valence-corrected chi connectivity index (χ1v) is 33.3. The Bertz CT molecular complexity index is 4220. The molecule has 6 aromatic rings. The Kier molecular flexibility index (Phi) is 14.7. The monoisotopic (exact) mass is 1220 g/mol. The molecule has 14 atom stereocenters. The van der Waals surface area contributed by atoms with E-state index in [1.807, 2.05) is 0 Å². The lowest BCUT2D eigenvalue weighted by Gasteiger charge is -2.56. The van der Waals surface area contributed by atoms with Crippen LogP contribution in [0.4, 0.5) is 0 Å². The second-order valence-corrected chi connectivity index (χ2v) is 27.7. The van der Waals surface area contributed by atoms with Gasteiger partial charge in [0.2, 0.25) is 0 Å². The predicted octanol–water partition coefficient (Wildman–Crippen LogP) is 13.2. The van der Waals surface area contributed by atoms with Gasteiger partial charge in [-0.1, -0.05) is 152 Å². The van der Waals surface area contributed by atoms with Gasteiger partial charge in [0.05, 0.1) is 25.4 Å². The minimum atomic E-state index is -1.43. The van der Waals surface area contributed by atoms with E-state index >= 15 is 9.59 Å². The quantitative estimate of drug-likeness (QED) is 0.0354. The number of esters is 2. The van der Waals surface area contributed by atoms with E-state index in [1.54, 1.807) is 19.1 Å². The summed E-state index contributed by atoms with van der Waals surface area (Å²) >= 11 is 0. The van der Waals surface area contributed by atoms with Crippen LogP contribution < -0.4 is 10.4 Å². The Morgan fingerprint density at radius 1 is 0.769 bits per heavy atom. The number of allylic oxidation sites excluding steroid dienone is 6. The van der Waals surface area contributed by atoms with Gasteiger partial charge in [0.1, 0.15) is 18.1 Å². The lowest BCUT2D eigenvalue weighted by molar-refractivity contribution is -0.210. The lowest BCUT2D eigenvalue weighted by atomic mass is 9.49. The number of aliphatic hydroxyl groups is 4. The normalized spacial score (nSPS) is 32.0. The molecule has 2 spiro atoms. The van der Waals surface area contributed by atoms with Crippen LogP contribution in [0.2, 0.25) is 0 Å². The largest absolute Gasteiger partial charge is 0.482 e. The van der Waals surface area contributed by atoms with Crippen molar-refractivity contribution in [3.63, 3.8) is 0 Å². The van der Waals surface area contributed by atoms with Crippen LogP contribution >= 0.6 is 0 Å². The predicted molar refractivity (Wildman–Crippen MR) is 347 cm³/mol. The number of aryl methyl sites for hydroxylation is 2. The van der Waals surface area contributed by atoms with Crippen LogP contribution in [0.15, 0.2) is 160 Å². The van der Waals surface area contributed by atoms with E-state index in [2.05, 4.69) is 146 Å². The van der Waals surface area contributed by atoms with Gasteiger partial charge in [-0.15, -0.1) is 0 Å². The molecule has 2 fully saturated rings. The van der Waals surface area contributed by atoms with Gasteiger partial charge in [-0.2, -0.15) is 0 Å². The number of carbonyl (C=O) groups excluding carboxylic acids is 2. The van der Waals surface area contributed by atoms with Crippen molar-refractivity contribution in [1.82, 2.24) is 0 Å². The second-order valence-electron chi connectivity index (χ2n) is 27.7. The lowest BCUT2D eigenvalue weighted by Crippen LogP contribution is -2.64. The van der Waals surface area contributed by atoms with Crippen LogP contribution in [-0.4, -0.2) is 70.7 Å². The zero-order chi connectivity index (χ0) is 61.9. The van der Waals surface area contributed by atoms with Gasteiger partial charge < -0.3 is 43.8 Å². The fraction of sp³-hybridized carbons (Fsp3) is 0.405. The third kappa shape index (κ3) is 8.96. The molecule has 4 N–H and O–H groups in total. The van der Waals surface area contributed by atoms with Crippen LogP contribution in [0.3, 0.4) is 0 Å². The molecule has 0 unspecified atom stereocenters. The molecule has 3 aliphatic heterocycles. The van der Waals surface area contributed by atoms with Gasteiger partial charge in [0, 0.05) is 70.5 Å². The van der Waals surface area contributed by atoms with Crippen molar-refractivity contribution in [3.8, 4) is 5.75 Å². The highest BCUT2D eigenvalue weighted by molar-refractivity contribution is 5.91. The summed E-state index contributed by atoms with van der Waals surface area (Å²) < 4.78 is 34.3. The number of rotatable bonds is 9. The summed E-state index contributed by atoms with van der Waals surface area (Å²) in [5.41, 5.74) is 10.7. The molecule has 10 aliphatic rings. The Morgan fingerprint density at radius 3 is 2.41 bits per heavy atom. The maximum absolute atomic E-state index is 16.2. The summed E-state index contributed by atoms with van der Waals surface area (Å²) in [4.78, 5) is 46.9. The first-order chi connectivity index (χ1) is 44.5. The van der Waals surface area contributed by atoms with Gasteiger partial charge in [-0.25, -0.2) is 9.59 Å². The first kappa shape index (κ1) is 58.4. The van der Waals surface area contributed by atoms with Crippen LogP contribution in [0.5, 0.6) is 5.75 Å². The standard InChI is InChI=1S/C79H78O12/c1-45(41-81)56-25-20-46-17-18-50-37-49(46)31-35-77-33-8-34-78(68(77)40-62-58-13-4-2-9-47(58)22-29-65(62)77)74(90-75(56)85)73(71-67(91-78)30-28-61-63(42-82)70(76(86)89-72(61)71)52(32-36-80)43-87-44-83)88-69(84)39-53-38-51(21-26-57(50)53)59-14-7-16-66-60(59)27-24-55-12-6-11-54-23-19-48-10-3-5-15-64(48)79(54,55)66/h2-5,7-10,13-19,21-24,26-30,33,37,51-55,57,62,65,68,73-74,80-83H,6,11-12,20,25,31-32,34-36,38-44H2,1H3/b56-45-/t51-,52+,53+,54+,55-,57-,62+,65-,68-,73+,74-,77-,78-,79-/m0/s1. The third-order valence-corrected chi connectivity index (χ3v) is 23.8. The van der Waals surface area contributed by atoms with Crippen molar-refractivity contribution in [3.05, 3.63) is 233 Å². The van der Waals surface area contributed by atoms with Crippen molar-refractivity contribution in [2.75, 3.05) is 26.6 Å². The van der Waals surface area contributed by atoms with Crippen LogP contribution in [0.1, 0.15) is 173 Å². The van der Waals surface area contributed by atoms with Gasteiger partial charge >= 0.3 is 17.6 Å². The van der Waals surface area contributed by atoms with Gasteiger partial charge in [-0.3, -0.25) is 4.79 Å². The average molecular weight is 1220 g/mol. The van der Waals surface area contributed by atoms with Crippen molar-refractivity contribution in [2.45, 2.75) is 137 Å². The van der Waals surface area contributed by atoms with E-state index in [-0.39, 0.29) is 109 Å². The molecule has 7 aliphatic carbocycles. The molecule has 12 heteroatoms. The number of hydrogen-bond acceptors (Lipinski definition) is 12. The number of benzene rings is 5. The molecule has 0 amide bonds. The van der Waals surface area contributed by atoms with Crippen molar-refractivity contribution >= 4 is 41.1 Å². The van der Waals surface area contributed by atoms with Crippen molar-refractivity contribution < 1.29 is 53.4 Å². The molecule has 466 valence electrons. The minimum Gasteiger partial charge on any atom is -0.482 e. The van der Waals surface area contributed by atoms with Crippen molar-refractivity contribution in [2.24, 2.45) is 35.0 Å². The SMILES string of the molecule is C/C(CO)=C1\CCc2ccc3cc2CC[C@]24C=CC[C@]5(Oc6ccc7c(CO)c([C@H](CCO)COCO)c(=O)oc7c6[C@@H](OC(=O)C[C@H]6C[C@@H](c7cccc8c7C=C[C@@H]7CCC[C@@H]9C=Cc%10ccccc%10[C@@]879)C=C[C@@H]36)[C@@H]5OC1=O)[C@H]2C[C@@H]1c2ccccc2C=C[C@@H]14. The topological polar surface area (TPSA) is 182 Å². The van der Waals surface area contributed by atoms with E-state index in [0.717, 1.165) is 36.0 Å². The number of ether oxygens (including phenoxy) is 4. The van der Waals surface area contributed by atoms with Crippen LogP contribution in [0, 0.1) is 35.0 Å². The Balaban J connectivity index is 0.904. The fourth-order valence-corrected chi connectivity index (χ4v) is 19.8. The number of aliphatic hydroxyl groups excluding tert-OH is 4. The van der Waals surface area contributed by atoms with E-state index in [4.69, 9.17) is 23.4 Å².